The SMILES string of the molecule is CCOC(=O)N1CCC(NC(N)=NCCC2CCC2)CC1. The third-order valence-corrected chi connectivity index (χ3v) is 4.42. The van der Waals surface area contributed by atoms with Gasteiger partial charge in [-0.2, -0.15) is 0 Å². The van der Waals surface area contributed by atoms with Crippen LogP contribution in [0.5, 0.6) is 0 Å². The van der Waals surface area contributed by atoms with E-state index in [1.807, 2.05) is 6.92 Å². The minimum atomic E-state index is -0.210. The number of aliphatic imine (C=N–C) groups is 1. The highest BCUT2D eigenvalue weighted by Crippen LogP contribution is 2.29. The Labute approximate surface area is 127 Å². The summed E-state index contributed by atoms with van der Waals surface area (Å²) >= 11 is 0. The van der Waals surface area contributed by atoms with Crippen molar-refractivity contribution in [3.05, 3.63) is 0 Å². The van der Waals surface area contributed by atoms with Crippen molar-refractivity contribution < 1.29 is 9.53 Å². The summed E-state index contributed by atoms with van der Waals surface area (Å²) in [4.78, 5) is 17.8. The summed E-state index contributed by atoms with van der Waals surface area (Å²) in [5.41, 5.74) is 5.93. The van der Waals surface area contributed by atoms with Gasteiger partial charge in [-0.25, -0.2) is 4.79 Å². The minimum Gasteiger partial charge on any atom is -0.450 e. The molecule has 0 aromatic carbocycles. The molecule has 120 valence electrons. The first kappa shape index (κ1) is 15.9. The highest BCUT2D eigenvalue weighted by molar-refractivity contribution is 5.78. The maximum absolute atomic E-state index is 11.6. The quantitative estimate of drug-likeness (QED) is 0.598. The molecule has 1 amide bonds. The van der Waals surface area contributed by atoms with E-state index in [0.717, 1.165) is 31.7 Å². The number of carbonyl (C=O) groups is 1. The molecule has 2 rings (SSSR count). The van der Waals surface area contributed by atoms with Gasteiger partial charge in [0.05, 0.1) is 6.61 Å². The van der Waals surface area contributed by atoms with E-state index in [-0.39, 0.29) is 6.09 Å². The Hall–Kier alpha value is -1.46. The van der Waals surface area contributed by atoms with Crippen molar-refractivity contribution in [3.63, 3.8) is 0 Å². The zero-order chi connectivity index (χ0) is 15.1. The summed E-state index contributed by atoms with van der Waals surface area (Å²) in [6.07, 6.45) is 6.81. The fourth-order valence-corrected chi connectivity index (χ4v) is 2.82. The molecule has 21 heavy (non-hydrogen) atoms. The van der Waals surface area contributed by atoms with Crippen molar-refractivity contribution in [2.45, 2.75) is 51.5 Å². The van der Waals surface area contributed by atoms with Crippen LogP contribution >= 0.6 is 0 Å². The molecule has 2 aliphatic rings. The van der Waals surface area contributed by atoms with Gasteiger partial charge in [0.1, 0.15) is 0 Å². The zero-order valence-electron chi connectivity index (χ0n) is 13.0. The van der Waals surface area contributed by atoms with Crippen molar-refractivity contribution in [3.8, 4) is 0 Å². The molecule has 6 heteroatoms. The van der Waals surface area contributed by atoms with Crippen LogP contribution in [-0.4, -0.2) is 49.2 Å². The summed E-state index contributed by atoms with van der Waals surface area (Å²) in [6, 6.07) is 0.308. The molecule has 1 heterocycles. The molecule has 0 aromatic heterocycles. The van der Waals surface area contributed by atoms with Crippen LogP contribution in [0.1, 0.15) is 45.4 Å². The second kappa shape index (κ2) is 8.10. The third kappa shape index (κ3) is 5.10. The zero-order valence-corrected chi connectivity index (χ0v) is 13.0. The molecule has 0 bridgehead atoms. The maximum Gasteiger partial charge on any atom is 0.409 e. The number of nitrogens with one attached hydrogen (secondary N) is 1. The van der Waals surface area contributed by atoms with Crippen LogP contribution in [0, 0.1) is 5.92 Å². The number of rotatable bonds is 5. The second-order valence-electron chi connectivity index (χ2n) is 5.96. The maximum atomic E-state index is 11.6. The Morgan fingerprint density at radius 1 is 1.33 bits per heavy atom. The summed E-state index contributed by atoms with van der Waals surface area (Å²) < 4.78 is 5.01. The number of amides is 1. The number of nitrogens with zero attached hydrogens (tertiary/aromatic N) is 2. The van der Waals surface area contributed by atoms with Crippen LogP contribution in [0.2, 0.25) is 0 Å². The van der Waals surface area contributed by atoms with E-state index in [9.17, 15) is 4.79 Å². The fourth-order valence-electron chi connectivity index (χ4n) is 2.82. The van der Waals surface area contributed by atoms with Gasteiger partial charge in [-0.1, -0.05) is 19.3 Å². The number of piperidine rings is 1. The van der Waals surface area contributed by atoms with E-state index in [4.69, 9.17) is 10.5 Å². The predicted molar refractivity (Wildman–Crippen MR) is 83.2 cm³/mol. The van der Waals surface area contributed by atoms with Gasteiger partial charge < -0.3 is 20.7 Å². The van der Waals surface area contributed by atoms with Crippen molar-refractivity contribution >= 4 is 12.1 Å². The van der Waals surface area contributed by atoms with Crippen molar-refractivity contribution in [1.82, 2.24) is 10.2 Å². The Morgan fingerprint density at radius 3 is 2.62 bits per heavy atom. The smallest absolute Gasteiger partial charge is 0.409 e. The molecular weight excluding hydrogens is 268 g/mol. The molecule has 1 aliphatic heterocycles. The van der Waals surface area contributed by atoms with Crippen molar-refractivity contribution in [1.29, 1.82) is 0 Å². The largest absolute Gasteiger partial charge is 0.450 e. The van der Waals surface area contributed by atoms with E-state index in [0.29, 0.717) is 31.7 Å². The Balaban J connectivity index is 1.62. The van der Waals surface area contributed by atoms with E-state index >= 15 is 0 Å². The summed E-state index contributed by atoms with van der Waals surface area (Å²) in [5.74, 6) is 1.42. The average Bonchev–Trinajstić information content (AvgIpc) is 2.42. The summed E-state index contributed by atoms with van der Waals surface area (Å²) in [6.45, 7) is 4.51. The van der Waals surface area contributed by atoms with Crippen LogP contribution < -0.4 is 11.1 Å². The molecule has 1 saturated carbocycles. The molecule has 3 N–H and O–H groups in total. The molecule has 1 saturated heterocycles. The van der Waals surface area contributed by atoms with E-state index in [1.54, 1.807) is 4.90 Å². The summed E-state index contributed by atoms with van der Waals surface area (Å²) in [7, 11) is 0. The van der Waals surface area contributed by atoms with Gasteiger partial charge in [-0.15, -0.1) is 0 Å². The number of likely N-dealkylation sites (tertiary alicyclic amines) is 1. The molecule has 0 unspecified atom stereocenters. The highest BCUT2D eigenvalue weighted by Gasteiger charge is 2.23. The minimum absolute atomic E-state index is 0.210. The lowest BCUT2D eigenvalue weighted by Crippen LogP contribution is -2.48. The van der Waals surface area contributed by atoms with Crippen LogP contribution in [-0.2, 0) is 4.74 Å². The average molecular weight is 296 g/mol. The predicted octanol–water partition coefficient (Wildman–Crippen LogP) is 1.70. The summed E-state index contributed by atoms with van der Waals surface area (Å²) in [5, 5.41) is 3.27. The van der Waals surface area contributed by atoms with Gasteiger partial charge in [0.2, 0.25) is 0 Å². The number of hydrogen-bond acceptors (Lipinski definition) is 3. The topological polar surface area (TPSA) is 80.0 Å². The van der Waals surface area contributed by atoms with Gasteiger partial charge >= 0.3 is 6.09 Å². The molecule has 0 atom stereocenters. The van der Waals surface area contributed by atoms with E-state index in [1.165, 1.54) is 19.3 Å². The molecule has 0 radical (unpaired) electrons. The Bertz CT molecular complexity index is 361. The lowest BCUT2D eigenvalue weighted by molar-refractivity contribution is 0.0963. The molecular formula is C15H28N4O2. The van der Waals surface area contributed by atoms with Crippen molar-refractivity contribution in [2.24, 2.45) is 16.6 Å². The Kier molecular flexibility index (Phi) is 6.14. The second-order valence-corrected chi connectivity index (χ2v) is 5.96. The number of ether oxygens (including phenoxy) is 1. The van der Waals surface area contributed by atoms with Gasteiger partial charge in [-0.05, 0) is 32.1 Å². The number of carbonyl (C=O) groups excluding carboxylic acids is 1. The van der Waals surface area contributed by atoms with Gasteiger partial charge in [-0.3, -0.25) is 4.99 Å². The van der Waals surface area contributed by atoms with Crippen LogP contribution in [0.15, 0.2) is 4.99 Å². The molecule has 6 nitrogen and oxygen atoms in total. The fraction of sp³-hybridized carbons (Fsp3) is 0.867. The molecule has 0 aromatic rings. The van der Waals surface area contributed by atoms with E-state index < -0.39 is 0 Å². The Morgan fingerprint density at radius 2 is 2.05 bits per heavy atom. The number of nitrogens with two attached hydrogens (primary N) is 1. The van der Waals surface area contributed by atoms with Crippen LogP contribution in [0.4, 0.5) is 4.79 Å². The van der Waals surface area contributed by atoms with Gasteiger partial charge in [0.15, 0.2) is 5.96 Å². The van der Waals surface area contributed by atoms with Gasteiger partial charge in [0.25, 0.3) is 0 Å². The lowest BCUT2D eigenvalue weighted by atomic mass is 9.83. The first-order chi connectivity index (χ1) is 10.2. The van der Waals surface area contributed by atoms with Gasteiger partial charge in [0, 0.05) is 25.7 Å². The monoisotopic (exact) mass is 296 g/mol. The normalized spacial score (nSPS) is 21.0. The molecule has 2 fully saturated rings. The van der Waals surface area contributed by atoms with E-state index in [2.05, 4.69) is 10.3 Å². The molecule has 1 aliphatic carbocycles. The number of hydrogen-bond donors (Lipinski definition) is 2. The van der Waals surface area contributed by atoms with Crippen LogP contribution in [0.3, 0.4) is 0 Å². The molecule has 0 spiro atoms. The third-order valence-electron chi connectivity index (χ3n) is 4.42. The van der Waals surface area contributed by atoms with Crippen LogP contribution in [0.25, 0.3) is 0 Å². The van der Waals surface area contributed by atoms with Crippen molar-refractivity contribution in [2.75, 3.05) is 26.2 Å². The first-order valence-electron chi connectivity index (χ1n) is 8.17. The first-order valence-corrected chi connectivity index (χ1v) is 8.17. The lowest BCUT2D eigenvalue weighted by Gasteiger charge is -2.31. The standard InChI is InChI=1S/C15H28N4O2/c1-2-21-15(20)19-10-7-13(8-11-19)18-14(16)17-9-6-12-4-3-5-12/h12-13H,2-11H2,1H3,(H3,16,17,18). The highest BCUT2D eigenvalue weighted by atomic mass is 16.6. The number of guanidine groups is 1.